The number of benzene rings is 9. The SMILES string of the molecule is CC1(C)c2ccccc2-c2ccc(N(c3cc(-c4cc5ccccc5c5ccccc45)ccc3-c3ccccc3)c3cccc4ccccc34)cc21. The van der Waals surface area contributed by atoms with E-state index in [1.807, 2.05) is 0 Å². The van der Waals surface area contributed by atoms with Crippen LogP contribution in [0.5, 0.6) is 0 Å². The highest BCUT2D eigenvalue weighted by Gasteiger charge is 2.36. The van der Waals surface area contributed by atoms with Gasteiger partial charge in [-0.15, -0.1) is 0 Å². The maximum atomic E-state index is 2.51. The molecule has 0 heterocycles. The fraction of sp³-hybridized carbons (Fsp3) is 0.0588. The van der Waals surface area contributed by atoms with E-state index in [0.29, 0.717) is 0 Å². The van der Waals surface area contributed by atoms with Gasteiger partial charge in [0.1, 0.15) is 0 Å². The number of rotatable bonds is 5. The number of anilines is 3. The maximum Gasteiger partial charge on any atom is 0.0546 e. The predicted octanol–water partition coefficient (Wildman–Crippen LogP) is 14.3. The minimum absolute atomic E-state index is 0.125. The first-order chi connectivity index (χ1) is 25.6. The van der Waals surface area contributed by atoms with Gasteiger partial charge in [0.2, 0.25) is 0 Å². The van der Waals surface area contributed by atoms with Crippen LogP contribution in [-0.2, 0) is 5.41 Å². The average molecular weight is 664 g/mol. The molecule has 9 aromatic carbocycles. The normalized spacial score (nSPS) is 13.0. The topological polar surface area (TPSA) is 3.24 Å². The fourth-order valence-electron chi connectivity index (χ4n) is 8.68. The molecule has 0 amide bonds. The predicted molar refractivity (Wildman–Crippen MR) is 222 cm³/mol. The van der Waals surface area contributed by atoms with Gasteiger partial charge in [-0.1, -0.05) is 172 Å². The molecule has 10 rings (SSSR count). The van der Waals surface area contributed by atoms with Gasteiger partial charge in [-0.2, -0.15) is 0 Å². The van der Waals surface area contributed by atoms with E-state index in [-0.39, 0.29) is 5.41 Å². The summed E-state index contributed by atoms with van der Waals surface area (Å²) in [5, 5.41) is 7.49. The Morgan fingerprint density at radius 3 is 1.83 bits per heavy atom. The van der Waals surface area contributed by atoms with Crippen LogP contribution in [0.3, 0.4) is 0 Å². The second-order valence-electron chi connectivity index (χ2n) is 14.5. The number of hydrogen-bond donors (Lipinski definition) is 0. The molecule has 0 bridgehead atoms. The summed E-state index contributed by atoms with van der Waals surface area (Å²) in [5.41, 5.74) is 13.5. The molecule has 246 valence electrons. The summed E-state index contributed by atoms with van der Waals surface area (Å²) in [4.78, 5) is 2.51. The lowest BCUT2D eigenvalue weighted by atomic mass is 9.82. The Morgan fingerprint density at radius 1 is 0.346 bits per heavy atom. The maximum absolute atomic E-state index is 2.51. The zero-order valence-electron chi connectivity index (χ0n) is 29.3. The van der Waals surface area contributed by atoms with E-state index in [1.54, 1.807) is 0 Å². The van der Waals surface area contributed by atoms with Crippen LogP contribution in [0.4, 0.5) is 17.1 Å². The fourth-order valence-corrected chi connectivity index (χ4v) is 8.68. The third kappa shape index (κ3) is 4.70. The molecule has 1 heteroatoms. The van der Waals surface area contributed by atoms with Crippen molar-refractivity contribution in [2.45, 2.75) is 19.3 Å². The second kappa shape index (κ2) is 11.8. The molecule has 0 saturated heterocycles. The highest BCUT2D eigenvalue weighted by atomic mass is 15.1. The lowest BCUT2D eigenvalue weighted by Crippen LogP contribution is -2.17. The van der Waals surface area contributed by atoms with Crippen LogP contribution >= 0.6 is 0 Å². The van der Waals surface area contributed by atoms with Gasteiger partial charge in [-0.25, -0.2) is 0 Å². The van der Waals surface area contributed by atoms with Gasteiger partial charge in [-0.3, -0.25) is 0 Å². The molecule has 9 aromatic rings. The van der Waals surface area contributed by atoms with E-state index >= 15 is 0 Å². The first-order valence-electron chi connectivity index (χ1n) is 18.2. The molecule has 0 spiro atoms. The molecule has 0 aromatic heterocycles. The first-order valence-corrected chi connectivity index (χ1v) is 18.2. The Hall–Kier alpha value is -6.44. The molecule has 0 saturated carbocycles. The Morgan fingerprint density at radius 2 is 0.981 bits per heavy atom. The van der Waals surface area contributed by atoms with Crippen molar-refractivity contribution in [1.82, 2.24) is 0 Å². The summed E-state index contributed by atoms with van der Waals surface area (Å²) in [6.45, 7) is 4.73. The molecule has 0 radical (unpaired) electrons. The standard InChI is InChI=1S/C51H37N/c1-51(2)47-25-13-12-24-44(47)45-30-28-38(33-48(45)51)52(49-26-14-19-35-17-6-9-21-40(35)49)50-32-37(27-29-41(50)34-15-4-3-5-16-34)46-31-36-18-7-8-20-39(36)42-22-10-11-23-43(42)46/h3-33H,1-2H3. The van der Waals surface area contributed by atoms with Crippen LogP contribution in [0.25, 0.3) is 65.7 Å². The minimum Gasteiger partial charge on any atom is -0.309 e. The van der Waals surface area contributed by atoms with Crippen LogP contribution in [0, 0.1) is 0 Å². The van der Waals surface area contributed by atoms with E-state index < -0.39 is 0 Å². The van der Waals surface area contributed by atoms with E-state index in [4.69, 9.17) is 0 Å². The first kappa shape index (κ1) is 30.4. The van der Waals surface area contributed by atoms with E-state index in [1.165, 1.54) is 76.8 Å². The largest absolute Gasteiger partial charge is 0.309 e. The van der Waals surface area contributed by atoms with Crippen molar-refractivity contribution in [3.63, 3.8) is 0 Å². The second-order valence-corrected chi connectivity index (χ2v) is 14.5. The average Bonchev–Trinajstić information content (AvgIpc) is 3.43. The zero-order valence-corrected chi connectivity index (χ0v) is 29.3. The third-order valence-electron chi connectivity index (χ3n) is 11.2. The van der Waals surface area contributed by atoms with Crippen LogP contribution in [0.2, 0.25) is 0 Å². The van der Waals surface area contributed by atoms with Crippen LogP contribution in [-0.4, -0.2) is 0 Å². The lowest BCUT2D eigenvalue weighted by molar-refractivity contribution is 0.660. The molecule has 52 heavy (non-hydrogen) atoms. The van der Waals surface area contributed by atoms with Crippen molar-refractivity contribution >= 4 is 49.4 Å². The quantitative estimate of drug-likeness (QED) is 0.166. The van der Waals surface area contributed by atoms with Crippen molar-refractivity contribution in [3.05, 3.63) is 199 Å². The van der Waals surface area contributed by atoms with Crippen molar-refractivity contribution in [3.8, 4) is 33.4 Å². The van der Waals surface area contributed by atoms with Crippen LogP contribution in [0.1, 0.15) is 25.0 Å². The molecule has 0 aliphatic heterocycles. The smallest absolute Gasteiger partial charge is 0.0546 e. The molecular formula is C51H37N. The summed E-state index contributed by atoms with van der Waals surface area (Å²) < 4.78 is 0. The van der Waals surface area contributed by atoms with Crippen molar-refractivity contribution in [2.24, 2.45) is 0 Å². The molecule has 0 N–H and O–H groups in total. The van der Waals surface area contributed by atoms with E-state index in [2.05, 4.69) is 207 Å². The van der Waals surface area contributed by atoms with Crippen molar-refractivity contribution < 1.29 is 0 Å². The zero-order chi connectivity index (χ0) is 34.8. The third-order valence-corrected chi connectivity index (χ3v) is 11.2. The Labute approximate surface area is 305 Å². The highest BCUT2D eigenvalue weighted by molar-refractivity contribution is 6.14. The van der Waals surface area contributed by atoms with E-state index in [9.17, 15) is 0 Å². The minimum atomic E-state index is -0.125. The molecule has 1 aliphatic rings. The Balaban J connectivity index is 1.28. The van der Waals surface area contributed by atoms with Gasteiger partial charge in [-0.05, 0) is 96.2 Å². The van der Waals surface area contributed by atoms with E-state index in [0.717, 1.165) is 17.1 Å². The van der Waals surface area contributed by atoms with Crippen molar-refractivity contribution in [2.75, 3.05) is 4.90 Å². The van der Waals surface area contributed by atoms with Gasteiger partial charge in [0, 0.05) is 22.1 Å². The van der Waals surface area contributed by atoms with Gasteiger partial charge in [0.15, 0.2) is 0 Å². The molecular weight excluding hydrogens is 627 g/mol. The monoisotopic (exact) mass is 663 g/mol. The number of hydrogen-bond acceptors (Lipinski definition) is 1. The van der Waals surface area contributed by atoms with Gasteiger partial charge >= 0.3 is 0 Å². The summed E-state index contributed by atoms with van der Waals surface area (Å²) >= 11 is 0. The molecule has 0 atom stereocenters. The molecule has 0 fully saturated rings. The summed E-state index contributed by atoms with van der Waals surface area (Å²) in [7, 11) is 0. The molecule has 0 unspecified atom stereocenters. The summed E-state index contributed by atoms with van der Waals surface area (Å²) in [6.07, 6.45) is 0. The van der Waals surface area contributed by atoms with Crippen molar-refractivity contribution in [1.29, 1.82) is 0 Å². The number of nitrogens with zero attached hydrogens (tertiary/aromatic N) is 1. The molecule has 1 nitrogen and oxygen atoms in total. The summed E-state index contributed by atoms with van der Waals surface area (Å²) in [6, 6.07) is 69.3. The Kier molecular flexibility index (Phi) is 6.91. The van der Waals surface area contributed by atoms with Gasteiger partial charge < -0.3 is 4.90 Å². The highest BCUT2D eigenvalue weighted by Crippen LogP contribution is 2.52. The van der Waals surface area contributed by atoms with Gasteiger partial charge in [0.25, 0.3) is 0 Å². The molecule has 1 aliphatic carbocycles. The lowest BCUT2D eigenvalue weighted by Gasteiger charge is -2.31. The Bertz CT molecular complexity index is 2820. The van der Waals surface area contributed by atoms with Crippen LogP contribution in [0.15, 0.2) is 188 Å². The van der Waals surface area contributed by atoms with Gasteiger partial charge in [0.05, 0.1) is 11.4 Å². The summed E-state index contributed by atoms with van der Waals surface area (Å²) in [5.74, 6) is 0. The number of fused-ring (bicyclic) bond motifs is 7. The van der Waals surface area contributed by atoms with Crippen LogP contribution < -0.4 is 4.90 Å².